The zero-order valence-corrected chi connectivity index (χ0v) is 10.00. The fraction of sp³-hybridized carbons (Fsp3) is 0.500. The molecule has 6 heteroatoms. The number of allylic oxidation sites excluding steroid dienone is 1. The summed E-state index contributed by atoms with van der Waals surface area (Å²) in [4.78, 5) is 0. The van der Waals surface area contributed by atoms with Crippen molar-refractivity contribution in [3.8, 4) is 12.3 Å². The third kappa shape index (κ3) is 8.53. The lowest BCUT2D eigenvalue weighted by Crippen LogP contribution is -2.16. The topological polar surface area (TPSA) is 27.7 Å². The zero-order valence-electron chi connectivity index (χ0n) is 10.00. The lowest BCUT2D eigenvalue weighted by molar-refractivity contribution is -0.131. The Balaban J connectivity index is 4.17. The summed E-state index contributed by atoms with van der Waals surface area (Å²) in [5.41, 5.74) is 0. The maximum Gasteiger partial charge on any atom is 0.448 e. The van der Waals surface area contributed by atoms with Crippen LogP contribution in [0.5, 0.6) is 0 Å². The van der Waals surface area contributed by atoms with Gasteiger partial charge in [-0.25, -0.2) is 0 Å². The summed E-state index contributed by atoms with van der Waals surface area (Å²) >= 11 is 0. The largest absolute Gasteiger partial charge is 0.497 e. The number of halogens is 3. The second-order valence-electron chi connectivity index (χ2n) is 3.03. The van der Waals surface area contributed by atoms with Crippen LogP contribution < -0.4 is 0 Å². The first kappa shape index (κ1) is 16.4. The second kappa shape index (κ2) is 9.42. The molecular formula is C12H15F3O3. The first-order valence-electron chi connectivity index (χ1n) is 5.11. The lowest BCUT2D eigenvalue weighted by Gasteiger charge is -2.12. The Morgan fingerprint density at radius 3 is 2.61 bits per heavy atom. The molecule has 0 aromatic rings. The Morgan fingerprint density at radius 1 is 1.33 bits per heavy atom. The molecule has 0 bridgehead atoms. The van der Waals surface area contributed by atoms with Crippen LogP contribution in [0.2, 0.25) is 0 Å². The van der Waals surface area contributed by atoms with Crippen molar-refractivity contribution in [3.05, 3.63) is 24.2 Å². The summed E-state index contributed by atoms with van der Waals surface area (Å²) in [5, 5.41) is 0. The molecule has 0 aliphatic carbocycles. The van der Waals surface area contributed by atoms with Crippen LogP contribution in [-0.4, -0.2) is 33.1 Å². The third-order valence-corrected chi connectivity index (χ3v) is 1.60. The van der Waals surface area contributed by atoms with Crippen LogP contribution in [0.1, 0.15) is 6.42 Å². The maximum absolute atomic E-state index is 12.4. The third-order valence-electron chi connectivity index (χ3n) is 1.60. The summed E-state index contributed by atoms with van der Waals surface area (Å²) < 4.78 is 51.3. The van der Waals surface area contributed by atoms with Gasteiger partial charge in [0.1, 0.15) is 6.61 Å². The average molecular weight is 264 g/mol. The number of terminal acetylenes is 1. The molecule has 0 rings (SSSR count). The molecule has 18 heavy (non-hydrogen) atoms. The molecular weight excluding hydrogens is 249 g/mol. The highest BCUT2D eigenvalue weighted by Crippen LogP contribution is 2.26. The van der Waals surface area contributed by atoms with Crippen LogP contribution in [0.3, 0.4) is 0 Å². The number of hydrogen-bond donors (Lipinski definition) is 0. The minimum absolute atomic E-state index is 0.113. The normalized spacial score (nSPS) is 12.5. The monoisotopic (exact) mass is 264 g/mol. The van der Waals surface area contributed by atoms with E-state index < -0.39 is 11.9 Å². The van der Waals surface area contributed by atoms with Crippen LogP contribution in [0.4, 0.5) is 13.2 Å². The Morgan fingerprint density at radius 2 is 2.06 bits per heavy atom. The van der Waals surface area contributed by atoms with Crippen molar-refractivity contribution in [1.29, 1.82) is 0 Å². The van der Waals surface area contributed by atoms with Crippen LogP contribution >= 0.6 is 0 Å². The standard InChI is InChI=1S/C12H15F3O3/c1-3-4-9-18-11(12(13,14)15)6-10-17-8-5-7-16-2/h1,5-6,8H,4,7,9-10H2,2H3/b8-5+,11-6+. The van der Waals surface area contributed by atoms with E-state index in [1.807, 2.05) is 0 Å². The van der Waals surface area contributed by atoms with Gasteiger partial charge in [0, 0.05) is 19.6 Å². The van der Waals surface area contributed by atoms with Gasteiger partial charge in [0.25, 0.3) is 0 Å². The van der Waals surface area contributed by atoms with Gasteiger partial charge >= 0.3 is 6.18 Å². The second-order valence-corrected chi connectivity index (χ2v) is 3.03. The molecule has 0 fully saturated rings. The predicted molar refractivity (Wildman–Crippen MR) is 60.5 cm³/mol. The predicted octanol–water partition coefficient (Wildman–Crippen LogP) is 2.65. The van der Waals surface area contributed by atoms with Crippen molar-refractivity contribution in [1.82, 2.24) is 0 Å². The SMILES string of the molecule is C#CCCO/C(=C/CO/C=C/COC)C(F)(F)F. The molecule has 0 saturated heterocycles. The van der Waals surface area contributed by atoms with Crippen molar-refractivity contribution in [3.63, 3.8) is 0 Å². The summed E-state index contributed by atoms with van der Waals surface area (Å²) in [7, 11) is 1.49. The molecule has 0 amide bonds. The highest BCUT2D eigenvalue weighted by Gasteiger charge is 2.35. The van der Waals surface area contributed by atoms with Gasteiger partial charge in [0.15, 0.2) is 5.76 Å². The van der Waals surface area contributed by atoms with E-state index in [1.54, 1.807) is 0 Å². The van der Waals surface area contributed by atoms with Crippen LogP contribution in [0.25, 0.3) is 0 Å². The van der Waals surface area contributed by atoms with Crippen molar-refractivity contribution in [2.24, 2.45) is 0 Å². The van der Waals surface area contributed by atoms with E-state index in [4.69, 9.17) is 11.2 Å². The first-order valence-corrected chi connectivity index (χ1v) is 5.11. The van der Waals surface area contributed by atoms with E-state index >= 15 is 0 Å². The first-order chi connectivity index (χ1) is 8.52. The molecule has 0 aliphatic heterocycles. The lowest BCUT2D eigenvalue weighted by atomic mass is 10.4. The van der Waals surface area contributed by atoms with E-state index in [2.05, 4.69) is 15.4 Å². The van der Waals surface area contributed by atoms with Gasteiger partial charge in [-0.1, -0.05) is 0 Å². The van der Waals surface area contributed by atoms with Crippen molar-refractivity contribution >= 4 is 0 Å². The van der Waals surface area contributed by atoms with Gasteiger partial charge in [-0.2, -0.15) is 13.2 Å². The molecule has 0 aliphatic rings. The number of ether oxygens (including phenoxy) is 3. The van der Waals surface area contributed by atoms with Crippen molar-refractivity contribution in [2.75, 3.05) is 26.9 Å². The Hall–Kier alpha value is -1.61. The van der Waals surface area contributed by atoms with Crippen LogP contribution in [-0.2, 0) is 14.2 Å². The van der Waals surface area contributed by atoms with E-state index in [-0.39, 0.29) is 19.6 Å². The minimum atomic E-state index is -4.55. The molecule has 3 nitrogen and oxygen atoms in total. The highest BCUT2D eigenvalue weighted by atomic mass is 19.4. The molecule has 0 unspecified atom stereocenters. The number of rotatable bonds is 8. The van der Waals surface area contributed by atoms with Gasteiger partial charge in [-0.05, 0) is 6.08 Å². The minimum Gasteiger partial charge on any atom is -0.497 e. The van der Waals surface area contributed by atoms with Crippen LogP contribution in [0, 0.1) is 12.3 Å². The molecule has 0 aromatic carbocycles. The molecule has 0 aromatic heterocycles. The molecule has 0 atom stereocenters. The summed E-state index contributed by atoms with van der Waals surface area (Å²) in [6, 6.07) is 0. The average Bonchev–Trinajstić information content (AvgIpc) is 2.30. The molecule has 0 saturated carbocycles. The number of alkyl halides is 3. The molecule has 102 valence electrons. The Bertz CT molecular complexity index is 314. The summed E-state index contributed by atoms with van der Waals surface area (Å²) in [6.45, 7) is -0.0962. The van der Waals surface area contributed by atoms with Gasteiger partial charge in [0.05, 0.1) is 19.5 Å². The van der Waals surface area contributed by atoms with Gasteiger partial charge < -0.3 is 14.2 Å². The molecule has 0 heterocycles. The fourth-order valence-corrected chi connectivity index (χ4v) is 0.859. The number of methoxy groups -OCH3 is 1. The maximum atomic E-state index is 12.4. The Kier molecular flexibility index (Phi) is 8.58. The van der Waals surface area contributed by atoms with Crippen LogP contribution in [0.15, 0.2) is 24.2 Å². The molecule has 0 radical (unpaired) electrons. The van der Waals surface area contributed by atoms with E-state index in [9.17, 15) is 13.2 Å². The smallest absolute Gasteiger partial charge is 0.448 e. The molecule has 0 spiro atoms. The highest BCUT2D eigenvalue weighted by molar-refractivity contribution is 5.01. The molecule has 0 N–H and O–H groups in total. The van der Waals surface area contributed by atoms with Gasteiger partial charge in [-0.3, -0.25) is 0 Å². The van der Waals surface area contributed by atoms with Crippen molar-refractivity contribution < 1.29 is 27.4 Å². The fourth-order valence-electron chi connectivity index (χ4n) is 0.859. The van der Waals surface area contributed by atoms with E-state index in [0.717, 1.165) is 6.08 Å². The van der Waals surface area contributed by atoms with E-state index in [1.165, 1.54) is 19.4 Å². The summed E-state index contributed by atoms with van der Waals surface area (Å²) in [5.74, 6) is 1.09. The van der Waals surface area contributed by atoms with Gasteiger partial charge in [-0.15, -0.1) is 12.3 Å². The van der Waals surface area contributed by atoms with Gasteiger partial charge in [0.2, 0.25) is 0 Å². The Labute approximate surface area is 104 Å². The van der Waals surface area contributed by atoms with Crippen molar-refractivity contribution in [2.45, 2.75) is 12.6 Å². The van der Waals surface area contributed by atoms with E-state index in [0.29, 0.717) is 6.61 Å². The quantitative estimate of drug-likeness (QED) is 0.383. The number of hydrogen-bond acceptors (Lipinski definition) is 3. The zero-order chi connectivity index (χ0) is 13.9. The summed E-state index contributed by atoms with van der Waals surface area (Å²) in [6.07, 6.45) is 4.08.